The second kappa shape index (κ2) is 8.64. The summed E-state index contributed by atoms with van der Waals surface area (Å²) in [4.78, 5) is 11.5. The maximum atomic E-state index is 11.5. The van der Waals surface area contributed by atoms with E-state index in [0.29, 0.717) is 13.1 Å². The molecule has 1 unspecified atom stereocenters. The molecular weight excluding hydrogens is 196 g/mol. The molecule has 90 valence electrons. The lowest BCUT2D eigenvalue weighted by Gasteiger charge is -2.16. The molecule has 0 rings (SSSR count). The van der Waals surface area contributed by atoms with Crippen molar-refractivity contribution in [2.75, 3.05) is 33.9 Å². The summed E-state index contributed by atoms with van der Waals surface area (Å²) in [5.74, 6) is -0.0330. The third kappa shape index (κ3) is 6.43. The summed E-state index contributed by atoms with van der Waals surface area (Å²) in [7, 11) is 3.09. The van der Waals surface area contributed by atoms with E-state index < -0.39 is 0 Å². The van der Waals surface area contributed by atoms with Gasteiger partial charge in [0.1, 0.15) is 0 Å². The minimum absolute atomic E-state index is 0.00931. The number of amides is 1. The van der Waals surface area contributed by atoms with Crippen molar-refractivity contribution in [1.29, 1.82) is 0 Å². The minimum Gasteiger partial charge on any atom is -0.354 e. The molecule has 0 saturated heterocycles. The summed E-state index contributed by atoms with van der Waals surface area (Å²) in [5, 5.41) is 5.89. The lowest BCUT2D eigenvalue weighted by molar-refractivity contribution is -0.130. The Kier molecular flexibility index (Phi) is 8.27. The summed E-state index contributed by atoms with van der Waals surface area (Å²) in [6.07, 6.45) is -0.375. The Balaban J connectivity index is 3.71. The van der Waals surface area contributed by atoms with Gasteiger partial charge in [-0.15, -0.1) is 0 Å². The highest BCUT2D eigenvalue weighted by atomic mass is 16.7. The molecule has 0 aliphatic carbocycles. The molecule has 0 saturated carbocycles. The number of methoxy groups -OCH3 is 2. The zero-order valence-corrected chi connectivity index (χ0v) is 10.0. The van der Waals surface area contributed by atoms with Gasteiger partial charge in [0.05, 0.1) is 6.54 Å². The Morgan fingerprint density at radius 3 is 2.33 bits per heavy atom. The fourth-order valence-electron chi connectivity index (χ4n) is 1.07. The highest BCUT2D eigenvalue weighted by Crippen LogP contribution is 1.94. The largest absolute Gasteiger partial charge is 0.354 e. The molecule has 0 heterocycles. The van der Waals surface area contributed by atoms with Crippen LogP contribution >= 0.6 is 0 Å². The predicted octanol–water partition coefficient (Wildman–Crippen LogP) is -0.0329. The molecule has 5 nitrogen and oxygen atoms in total. The SMILES string of the molecule is CCNCC(C)C(=O)NCC(OC)OC. The van der Waals surface area contributed by atoms with Crippen molar-refractivity contribution in [1.82, 2.24) is 10.6 Å². The Morgan fingerprint density at radius 2 is 1.87 bits per heavy atom. The standard InChI is InChI=1S/C10H22N2O3/c1-5-11-6-8(2)10(13)12-7-9(14-3)15-4/h8-9,11H,5-7H2,1-4H3,(H,12,13). The third-order valence-corrected chi connectivity index (χ3v) is 2.12. The quantitative estimate of drug-likeness (QED) is 0.562. The first-order chi connectivity index (χ1) is 7.15. The van der Waals surface area contributed by atoms with Crippen molar-refractivity contribution >= 4 is 5.91 Å². The number of nitrogens with one attached hydrogen (secondary N) is 2. The van der Waals surface area contributed by atoms with Gasteiger partial charge in [-0.25, -0.2) is 0 Å². The van der Waals surface area contributed by atoms with E-state index in [1.54, 1.807) is 14.2 Å². The highest BCUT2D eigenvalue weighted by molar-refractivity contribution is 5.78. The van der Waals surface area contributed by atoms with Gasteiger partial charge in [-0.1, -0.05) is 13.8 Å². The molecule has 0 aliphatic heterocycles. The fraction of sp³-hybridized carbons (Fsp3) is 0.900. The second-order valence-electron chi connectivity index (χ2n) is 3.35. The fourth-order valence-corrected chi connectivity index (χ4v) is 1.07. The summed E-state index contributed by atoms with van der Waals surface area (Å²) in [6.45, 7) is 5.83. The molecule has 0 bridgehead atoms. The van der Waals surface area contributed by atoms with Gasteiger partial charge in [0.15, 0.2) is 6.29 Å². The van der Waals surface area contributed by atoms with Crippen molar-refractivity contribution in [2.24, 2.45) is 5.92 Å². The van der Waals surface area contributed by atoms with E-state index in [1.807, 2.05) is 13.8 Å². The monoisotopic (exact) mass is 218 g/mol. The van der Waals surface area contributed by atoms with Gasteiger partial charge in [-0.3, -0.25) is 4.79 Å². The molecule has 1 atom stereocenters. The number of rotatable bonds is 8. The van der Waals surface area contributed by atoms with Crippen molar-refractivity contribution in [3.8, 4) is 0 Å². The zero-order valence-electron chi connectivity index (χ0n) is 10.0. The summed E-state index contributed by atoms with van der Waals surface area (Å²) in [5.41, 5.74) is 0. The molecule has 0 aliphatic rings. The van der Waals surface area contributed by atoms with Gasteiger partial charge >= 0.3 is 0 Å². The number of carbonyl (C=O) groups excluding carboxylic acids is 1. The van der Waals surface area contributed by atoms with Gasteiger partial charge in [-0.2, -0.15) is 0 Å². The van der Waals surface area contributed by atoms with Gasteiger partial charge in [0.25, 0.3) is 0 Å². The summed E-state index contributed by atoms with van der Waals surface area (Å²) < 4.78 is 9.92. The molecular formula is C10H22N2O3. The van der Waals surface area contributed by atoms with Crippen LogP contribution in [-0.2, 0) is 14.3 Å². The van der Waals surface area contributed by atoms with Crippen molar-refractivity contribution in [3.63, 3.8) is 0 Å². The molecule has 15 heavy (non-hydrogen) atoms. The van der Waals surface area contributed by atoms with Crippen molar-refractivity contribution < 1.29 is 14.3 Å². The van der Waals surface area contributed by atoms with Crippen LogP contribution in [0.15, 0.2) is 0 Å². The van der Waals surface area contributed by atoms with E-state index >= 15 is 0 Å². The molecule has 0 aromatic heterocycles. The van der Waals surface area contributed by atoms with E-state index in [-0.39, 0.29) is 18.1 Å². The second-order valence-corrected chi connectivity index (χ2v) is 3.35. The minimum atomic E-state index is -0.375. The zero-order chi connectivity index (χ0) is 11.7. The van der Waals surface area contributed by atoms with E-state index in [0.717, 1.165) is 6.54 Å². The van der Waals surface area contributed by atoms with Crippen LogP contribution in [0.3, 0.4) is 0 Å². The van der Waals surface area contributed by atoms with Crippen LogP contribution in [0.4, 0.5) is 0 Å². The van der Waals surface area contributed by atoms with Gasteiger partial charge in [0, 0.05) is 26.7 Å². The molecule has 0 radical (unpaired) electrons. The lowest BCUT2D eigenvalue weighted by Crippen LogP contribution is -2.40. The van der Waals surface area contributed by atoms with E-state index in [9.17, 15) is 4.79 Å². The summed E-state index contributed by atoms with van der Waals surface area (Å²) >= 11 is 0. The first-order valence-electron chi connectivity index (χ1n) is 5.19. The molecule has 5 heteroatoms. The first kappa shape index (κ1) is 14.3. The van der Waals surface area contributed by atoms with Crippen LogP contribution in [0.25, 0.3) is 0 Å². The Morgan fingerprint density at radius 1 is 1.27 bits per heavy atom. The molecule has 0 aromatic rings. The average Bonchev–Trinajstić information content (AvgIpc) is 2.26. The average molecular weight is 218 g/mol. The maximum absolute atomic E-state index is 11.5. The van der Waals surface area contributed by atoms with Gasteiger partial charge in [-0.05, 0) is 6.54 Å². The third-order valence-electron chi connectivity index (χ3n) is 2.12. The van der Waals surface area contributed by atoms with Crippen LogP contribution in [0, 0.1) is 5.92 Å². The van der Waals surface area contributed by atoms with E-state index in [2.05, 4.69) is 10.6 Å². The van der Waals surface area contributed by atoms with Crippen LogP contribution in [0.2, 0.25) is 0 Å². The smallest absolute Gasteiger partial charge is 0.224 e. The van der Waals surface area contributed by atoms with Crippen molar-refractivity contribution in [2.45, 2.75) is 20.1 Å². The number of hydrogen-bond acceptors (Lipinski definition) is 4. The number of ether oxygens (including phenoxy) is 2. The number of carbonyl (C=O) groups is 1. The molecule has 2 N–H and O–H groups in total. The van der Waals surface area contributed by atoms with Crippen LogP contribution < -0.4 is 10.6 Å². The normalized spacial score (nSPS) is 12.9. The van der Waals surface area contributed by atoms with Gasteiger partial charge < -0.3 is 20.1 Å². The van der Waals surface area contributed by atoms with E-state index in [1.165, 1.54) is 0 Å². The van der Waals surface area contributed by atoms with Crippen molar-refractivity contribution in [3.05, 3.63) is 0 Å². The van der Waals surface area contributed by atoms with E-state index in [4.69, 9.17) is 9.47 Å². The molecule has 0 fully saturated rings. The maximum Gasteiger partial charge on any atom is 0.224 e. The topological polar surface area (TPSA) is 59.6 Å². The Bertz CT molecular complexity index is 172. The molecule has 0 spiro atoms. The Labute approximate surface area is 91.5 Å². The molecule has 1 amide bonds. The lowest BCUT2D eigenvalue weighted by atomic mass is 10.1. The Hall–Kier alpha value is -0.650. The highest BCUT2D eigenvalue weighted by Gasteiger charge is 2.13. The number of hydrogen-bond donors (Lipinski definition) is 2. The first-order valence-corrected chi connectivity index (χ1v) is 5.19. The van der Waals surface area contributed by atoms with Crippen LogP contribution in [0.5, 0.6) is 0 Å². The molecule has 0 aromatic carbocycles. The van der Waals surface area contributed by atoms with Crippen LogP contribution in [-0.4, -0.2) is 46.1 Å². The summed E-state index contributed by atoms with van der Waals surface area (Å²) in [6, 6.07) is 0. The van der Waals surface area contributed by atoms with Crippen LogP contribution in [0.1, 0.15) is 13.8 Å². The van der Waals surface area contributed by atoms with Gasteiger partial charge in [0.2, 0.25) is 5.91 Å². The predicted molar refractivity (Wildman–Crippen MR) is 58.5 cm³/mol.